The summed E-state index contributed by atoms with van der Waals surface area (Å²) in [4.78, 5) is 24.8. The molecule has 1 aromatic rings. The predicted molar refractivity (Wildman–Crippen MR) is 95.8 cm³/mol. The summed E-state index contributed by atoms with van der Waals surface area (Å²) in [5, 5.41) is 19.5. The number of ether oxygens (including phenoxy) is 6. The Labute approximate surface area is 171 Å². The highest BCUT2D eigenvalue weighted by Gasteiger charge is 2.50. The van der Waals surface area contributed by atoms with Crippen molar-refractivity contribution in [2.24, 2.45) is 0 Å². The van der Waals surface area contributed by atoms with Gasteiger partial charge in [-0.3, -0.25) is 0 Å². The molecule has 30 heavy (non-hydrogen) atoms. The molecule has 2 N–H and O–H groups in total. The number of aliphatic hydroxyl groups is 2. The SMILES string of the molecule is O=C(O[C@H]1COC2C1OC[C@H]2O)c1ccc(C(=O)O[C@@H]2COC3C2OC[C@@H]3O)cc1. The highest BCUT2D eigenvalue weighted by molar-refractivity contribution is 5.93. The molecule has 0 amide bonds. The first-order chi connectivity index (χ1) is 14.5. The number of esters is 2. The van der Waals surface area contributed by atoms with Crippen LogP contribution in [0, 0.1) is 0 Å². The van der Waals surface area contributed by atoms with Gasteiger partial charge in [-0.05, 0) is 24.3 Å². The van der Waals surface area contributed by atoms with Gasteiger partial charge in [-0.15, -0.1) is 0 Å². The first-order valence-corrected chi connectivity index (χ1v) is 9.86. The molecule has 8 atom stereocenters. The summed E-state index contributed by atoms with van der Waals surface area (Å²) in [5.74, 6) is -1.15. The summed E-state index contributed by atoms with van der Waals surface area (Å²) >= 11 is 0. The van der Waals surface area contributed by atoms with E-state index in [2.05, 4.69) is 0 Å². The third kappa shape index (κ3) is 3.49. The second-order valence-electron chi connectivity index (χ2n) is 7.79. The smallest absolute Gasteiger partial charge is 0.338 e. The fourth-order valence-electron chi connectivity index (χ4n) is 4.24. The fourth-order valence-corrected chi connectivity index (χ4v) is 4.24. The zero-order valence-electron chi connectivity index (χ0n) is 15.9. The summed E-state index contributed by atoms with van der Waals surface area (Å²) in [6, 6.07) is 5.89. The van der Waals surface area contributed by atoms with E-state index in [-0.39, 0.29) is 37.6 Å². The zero-order chi connectivity index (χ0) is 20.8. The number of aliphatic hydroxyl groups excluding tert-OH is 2. The first kappa shape index (κ1) is 19.9. The topological polar surface area (TPSA) is 130 Å². The summed E-state index contributed by atoms with van der Waals surface area (Å²) in [6.45, 7) is 0.617. The molecule has 4 saturated heterocycles. The monoisotopic (exact) mass is 422 g/mol. The molecule has 162 valence electrons. The van der Waals surface area contributed by atoms with Crippen molar-refractivity contribution in [2.45, 2.75) is 48.8 Å². The number of carbonyl (C=O) groups is 2. The van der Waals surface area contributed by atoms with Gasteiger partial charge in [0.1, 0.15) is 36.6 Å². The lowest BCUT2D eigenvalue weighted by atomic mass is 10.1. The Bertz CT molecular complexity index is 743. The Morgan fingerprint density at radius 3 is 1.43 bits per heavy atom. The molecule has 10 heteroatoms. The van der Waals surface area contributed by atoms with E-state index in [0.717, 1.165) is 0 Å². The van der Waals surface area contributed by atoms with Gasteiger partial charge in [-0.2, -0.15) is 0 Å². The van der Waals surface area contributed by atoms with Gasteiger partial charge in [0.2, 0.25) is 0 Å². The standard InChI is InChI=1S/C20H22O10/c21-11-5-25-17-13(7-27-15(11)17)29-19(23)9-1-2-10(4-3-9)20(24)30-14-8-28-16-12(22)6-26-18(14)16/h1-4,11-18,21-22H,5-8H2/t11-,12+,13+,14-,15?,16?,17?,18?. The van der Waals surface area contributed by atoms with E-state index in [1.807, 2.05) is 0 Å². The van der Waals surface area contributed by atoms with E-state index in [1.165, 1.54) is 24.3 Å². The van der Waals surface area contributed by atoms with E-state index in [4.69, 9.17) is 28.4 Å². The normalized spacial score (nSPS) is 39.5. The molecule has 0 aliphatic carbocycles. The molecule has 0 aromatic heterocycles. The minimum atomic E-state index is -0.720. The second-order valence-corrected chi connectivity index (χ2v) is 7.79. The van der Waals surface area contributed by atoms with Crippen LogP contribution >= 0.6 is 0 Å². The molecule has 0 radical (unpaired) electrons. The molecule has 4 aliphatic heterocycles. The molecule has 5 rings (SSSR count). The Hall–Kier alpha value is -2.08. The summed E-state index contributed by atoms with van der Waals surface area (Å²) in [6.07, 6.45) is -4.56. The maximum atomic E-state index is 12.4. The van der Waals surface area contributed by atoms with Gasteiger partial charge in [-0.1, -0.05) is 0 Å². The molecule has 0 bridgehead atoms. The van der Waals surface area contributed by atoms with E-state index in [9.17, 15) is 19.8 Å². The maximum Gasteiger partial charge on any atom is 0.338 e. The fraction of sp³-hybridized carbons (Fsp3) is 0.600. The van der Waals surface area contributed by atoms with Crippen LogP contribution in [0.1, 0.15) is 20.7 Å². The van der Waals surface area contributed by atoms with Crippen molar-refractivity contribution >= 4 is 11.9 Å². The maximum absolute atomic E-state index is 12.4. The molecule has 4 unspecified atom stereocenters. The van der Waals surface area contributed by atoms with Crippen molar-refractivity contribution in [3.05, 3.63) is 35.4 Å². The van der Waals surface area contributed by atoms with Crippen molar-refractivity contribution in [2.75, 3.05) is 26.4 Å². The van der Waals surface area contributed by atoms with E-state index >= 15 is 0 Å². The number of carbonyl (C=O) groups excluding carboxylic acids is 2. The second kappa shape index (κ2) is 7.88. The van der Waals surface area contributed by atoms with Gasteiger partial charge in [0, 0.05) is 0 Å². The van der Waals surface area contributed by atoms with Crippen LogP contribution in [0.4, 0.5) is 0 Å². The molecule has 0 spiro atoms. The van der Waals surface area contributed by atoms with Gasteiger partial charge in [-0.25, -0.2) is 9.59 Å². The van der Waals surface area contributed by atoms with Crippen molar-refractivity contribution in [3.63, 3.8) is 0 Å². The van der Waals surface area contributed by atoms with Crippen LogP contribution in [0.5, 0.6) is 0 Å². The van der Waals surface area contributed by atoms with Crippen LogP contribution in [0.15, 0.2) is 24.3 Å². The average Bonchev–Trinajstić information content (AvgIpc) is 3.50. The van der Waals surface area contributed by atoms with Crippen molar-refractivity contribution < 1.29 is 48.2 Å². The molecule has 1 aromatic carbocycles. The highest BCUT2D eigenvalue weighted by Crippen LogP contribution is 2.30. The lowest BCUT2D eigenvalue weighted by Crippen LogP contribution is -2.34. The largest absolute Gasteiger partial charge is 0.453 e. The molecular formula is C20H22O10. The lowest BCUT2D eigenvalue weighted by Gasteiger charge is -2.17. The molecule has 10 nitrogen and oxygen atoms in total. The number of rotatable bonds is 4. The van der Waals surface area contributed by atoms with Crippen LogP contribution in [0.25, 0.3) is 0 Å². The Balaban J connectivity index is 1.17. The average molecular weight is 422 g/mol. The number of benzene rings is 1. The van der Waals surface area contributed by atoms with E-state index in [0.29, 0.717) is 0 Å². The van der Waals surface area contributed by atoms with Crippen molar-refractivity contribution in [1.29, 1.82) is 0 Å². The molecular weight excluding hydrogens is 400 g/mol. The minimum Gasteiger partial charge on any atom is -0.453 e. The molecule has 4 heterocycles. The lowest BCUT2D eigenvalue weighted by molar-refractivity contribution is -0.0215. The summed E-state index contributed by atoms with van der Waals surface area (Å²) in [7, 11) is 0. The van der Waals surface area contributed by atoms with Gasteiger partial charge in [0.15, 0.2) is 12.2 Å². The van der Waals surface area contributed by atoms with Crippen LogP contribution in [-0.2, 0) is 28.4 Å². The minimum absolute atomic E-state index is 0.151. The van der Waals surface area contributed by atoms with Crippen LogP contribution in [-0.4, -0.2) is 97.4 Å². The van der Waals surface area contributed by atoms with E-state index in [1.54, 1.807) is 0 Å². The summed E-state index contributed by atoms with van der Waals surface area (Å²) in [5.41, 5.74) is 0.528. The van der Waals surface area contributed by atoms with Gasteiger partial charge in [0.05, 0.1) is 37.6 Å². The molecule has 0 saturated carbocycles. The zero-order valence-corrected chi connectivity index (χ0v) is 15.9. The quantitative estimate of drug-likeness (QED) is 0.586. The number of fused-ring (bicyclic) bond motifs is 2. The molecule has 4 aliphatic rings. The number of hydrogen-bond donors (Lipinski definition) is 2. The Morgan fingerprint density at radius 1 is 0.667 bits per heavy atom. The van der Waals surface area contributed by atoms with Gasteiger partial charge in [0.25, 0.3) is 0 Å². The van der Waals surface area contributed by atoms with Crippen LogP contribution < -0.4 is 0 Å². The third-order valence-corrected chi connectivity index (χ3v) is 5.84. The van der Waals surface area contributed by atoms with Crippen molar-refractivity contribution in [1.82, 2.24) is 0 Å². The van der Waals surface area contributed by atoms with Gasteiger partial charge < -0.3 is 38.6 Å². The van der Waals surface area contributed by atoms with E-state index < -0.39 is 60.8 Å². The number of hydrogen-bond acceptors (Lipinski definition) is 10. The van der Waals surface area contributed by atoms with Crippen molar-refractivity contribution in [3.8, 4) is 0 Å². The Morgan fingerprint density at radius 2 is 1.03 bits per heavy atom. The summed E-state index contributed by atoms with van der Waals surface area (Å²) < 4.78 is 32.7. The predicted octanol–water partition coefficient (Wildman–Crippen LogP) is -0.946. The van der Waals surface area contributed by atoms with Gasteiger partial charge >= 0.3 is 11.9 Å². The Kier molecular flexibility index (Phi) is 5.21. The highest BCUT2D eigenvalue weighted by atomic mass is 16.6. The third-order valence-electron chi connectivity index (χ3n) is 5.84. The van der Waals surface area contributed by atoms with Crippen LogP contribution in [0.2, 0.25) is 0 Å². The van der Waals surface area contributed by atoms with Crippen LogP contribution in [0.3, 0.4) is 0 Å². The first-order valence-electron chi connectivity index (χ1n) is 9.86. The molecule has 4 fully saturated rings.